The highest BCUT2D eigenvalue weighted by Gasteiger charge is 2.44. The number of aliphatic hydroxyl groups is 2. The summed E-state index contributed by atoms with van der Waals surface area (Å²) < 4.78 is 0. The first-order chi connectivity index (χ1) is 11.3. The summed E-state index contributed by atoms with van der Waals surface area (Å²) in [5, 5.41) is 19.4. The van der Waals surface area contributed by atoms with Crippen molar-refractivity contribution in [3.8, 4) is 0 Å². The van der Waals surface area contributed by atoms with Gasteiger partial charge in [0.15, 0.2) is 0 Å². The molecular formula is C21H42N2O2. The minimum Gasteiger partial charge on any atom is -0.393 e. The van der Waals surface area contributed by atoms with Crippen LogP contribution in [0, 0.1) is 5.92 Å². The van der Waals surface area contributed by atoms with Crippen molar-refractivity contribution >= 4 is 0 Å². The van der Waals surface area contributed by atoms with Gasteiger partial charge in [0.25, 0.3) is 0 Å². The second-order valence-electron chi connectivity index (χ2n) is 9.81. The Kier molecular flexibility index (Phi) is 7.31. The largest absolute Gasteiger partial charge is 0.393 e. The maximum atomic E-state index is 9.81. The van der Waals surface area contributed by atoms with Gasteiger partial charge in [-0.15, -0.1) is 6.58 Å². The second kappa shape index (κ2) is 8.08. The van der Waals surface area contributed by atoms with Crippen LogP contribution in [0.3, 0.4) is 0 Å². The van der Waals surface area contributed by atoms with Crippen molar-refractivity contribution in [2.45, 2.75) is 96.6 Å². The van der Waals surface area contributed by atoms with Gasteiger partial charge >= 0.3 is 0 Å². The molecule has 0 saturated carbocycles. The minimum atomic E-state index is -0.166. The highest BCUT2D eigenvalue weighted by molar-refractivity contribution is 5.02. The summed E-state index contributed by atoms with van der Waals surface area (Å²) in [5.74, 6) is 0.376. The van der Waals surface area contributed by atoms with Gasteiger partial charge in [-0.1, -0.05) is 13.0 Å². The Hall–Kier alpha value is -0.420. The minimum absolute atomic E-state index is 0.0648. The quantitative estimate of drug-likeness (QED) is 0.747. The van der Waals surface area contributed by atoms with Crippen LogP contribution in [0.1, 0.15) is 67.7 Å². The molecule has 2 aliphatic heterocycles. The zero-order valence-electron chi connectivity index (χ0n) is 17.8. The van der Waals surface area contributed by atoms with Crippen molar-refractivity contribution < 1.29 is 10.2 Å². The van der Waals surface area contributed by atoms with Crippen molar-refractivity contribution in [2.75, 3.05) is 20.1 Å². The highest BCUT2D eigenvalue weighted by atomic mass is 16.3. The summed E-state index contributed by atoms with van der Waals surface area (Å²) in [6, 6.07) is 0. The Morgan fingerprint density at radius 2 is 1.52 bits per heavy atom. The lowest BCUT2D eigenvalue weighted by atomic mass is 9.78. The van der Waals surface area contributed by atoms with Gasteiger partial charge in [-0.2, -0.15) is 0 Å². The summed E-state index contributed by atoms with van der Waals surface area (Å²) in [6.45, 7) is 21.0. The summed E-state index contributed by atoms with van der Waals surface area (Å²) in [7, 11) is 2.13. The van der Waals surface area contributed by atoms with E-state index in [1.54, 1.807) is 0 Å². The van der Waals surface area contributed by atoms with E-state index >= 15 is 0 Å². The van der Waals surface area contributed by atoms with E-state index in [0.717, 1.165) is 32.4 Å². The van der Waals surface area contributed by atoms with E-state index in [2.05, 4.69) is 71.9 Å². The van der Waals surface area contributed by atoms with Crippen LogP contribution in [0.5, 0.6) is 0 Å². The molecule has 2 atom stereocenters. The molecular weight excluding hydrogens is 312 g/mol. The van der Waals surface area contributed by atoms with E-state index in [1.165, 1.54) is 0 Å². The smallest absolute Gasteiger partial charge is 0.0595 e. The third-order valence-corrected chi connectivity index (χ3v) is 6.68. The number of rotatable bonds is 2. The Morgan fingerprint density at radius 3 is 1.92 bits per heavy atom. The average molecular weight is 355 g/mol. The molecule has 2 rings (SSSR count). The molecule has 2 fully saturated rings. The van der Waals surface area contributed by atoms with Crippen molar-refractivity contribution in [2.24, 2.45) is 5.92 Å². The fourth-order valence-electron chi connectivity index (χ4n) is 4.57. The van der Waals surface area contributed by atoms with Crippen LogP contribution in [0.2, 0.25) is 0 Å². The van der Waals surface area contributed by atoms with Crippen LogP contribution in [0.4, 0.5) is 0 Å². The van der Waals surface area contributed by atoms with Crippen molar-refractivity contribution in [3.63, 3.8) is 0 Å². The molecule has 0 aromatic rings. The van der Waals surface area contributed by atoms with Gasteiger partial charge in [0.2, 0.25) is 0 Å². The Balaban J connectivity index is 0.000000257. The lowest BCUT2D eigenvalue weighted by molar-refractivity contribution is -0.0735. The lowest BCUT2D eigenvalue weighted by Crippen LogP contribution is -2.61. The van der Waals surface area contributed by atoms with E-state index in [-0.39, 0.29) is 28.8 Å². The molecule has 2 heterocycles. The molecule has 2 saturated heterocycles. The van der Waals surface area contributed by atoms with Gasteiger partial charge in [-0.25, -0.2) is 0 Å². The molecule has 0 amide bonds. The van der Waals surface area contributed by atoms with Crippen LogP contribution in [0.15, 0.2) is 12.7 Å². The van der Waals surface area contributed by atoms with Gasteiger partial charge in [-0.05, 0) is 73.8 Å². The highest BCUT2D eigenvalue weighted by Crippen LogP contribution is 2.38. The van der Waals surface area contributed by atoms with Crippen molar-refractivity contribution in [3.05, 3.63) is 12.7 Å². The first kappa shape index (κ1) is 22.6. The van der Waals surface area contributed by atoms with E-state index < -0.39 is 0 Å². The zero-order valence-corrected chi connectivity index (χ0v) is 17.8. The van der Waals surface area contributed by atoms with Crippen LogP contribution in [0.25, 0.3) is 0 Å². The molecule has 148 valence electrons. The standard InChI is InChI=1S/C12H23NO.C9H19NO/c1-6-7-13-11(2,3)8-10(14)9-12(13,4)5;1-7-8(11)5-6-10(4)9(7,2)3/h6,10,14H,1,7-9H2,2-5H3;7-8,11H,5-6H2,1-4H3. The van der Waals surface area contributed by atoms with Crippen LogP contribution >= 0.6 is 0 Å². The molecule has 0 aromatic carbocycles. The van der Waals surface area contributed by atoms with Gasteiger partial charge in [0.1, 0.15) is 0 Å². The molecule has 4 nitrogen and oxygen atoms in total. The van der Waals surface area contributed by atoms with Crippen LogP contribution in [-0.2, 0) is 0 Å². The molecule has 0 aliphatic carbocycles. The van der Waals surface area contributed by atoms with Crippen molar-refractivity contribution in [1.29, 1.82) is 0 Å². The monoisotopic (exact) mass is 354 g/mol. The van der Waals surface area contributed by atoms with E-state index in [1.807, 2.05) is 6.08 Å². The van der Waals surface area contributed by atoms with Gasteiger partial charge in [-0.3, -0.25) is 4.90 Å². The molecule has 0 aromatic heterocycles. The number of piperidine rings is 2. The first-order valence-electron chi connectivity index (χ1n) is 9.71. The predicted octanol–water partition coefficient (Wildman–Crippen LogP) is 3.28. The number of hydrogen-bond donors (Lipinski definition) is 2. The third-order valence-electron chi connectivity index (χ3n) is 6.68. The molecule has 25 heavy (non-hydrogen) atoms. The van der Waals surface area contributed by atoms with Crippen molar-refractivity contribution in [1.82, 2.24) is 9.80 Å². The predicted molar refractivity (Wildman–Crippen MR) is 107 cm³/mol. The molecule has 0 radical (unpaired) electrons. The van der Waals surface area contributed by atoms with Gasteiger partial charge < -0.3 is 15.1 Å². The topological polar surface area (TPSA) is 46.9 Å². The third kappa shape index (κ3) is 5.29. The van der Waals surface area contributed by atoms with Gasteiger partial charge in [0, 0.05) is 29.7 Å². The Bertz CT molecular complexity index is 427. The Labute approximate surface area is 155 Å². The van der Waals surface area contributed by atoms with E-state index in [4.69, 9.17) is 0 Å². The van der Waals surface area contributed by atoms with Crippen LogP contribution in [-0.4, -0.2) is 69.0 Å². The molecule has 2 aliphatic rings. The molecule has 2 unspecified atom stereocenters. The lowest BCUT2D eigenvalue weighted by Gasteiger charge is -2.54. The maximum Gasteiger partial charge on any atom is 0.0595 e. The van der Waals surface area contributed by atoms with Gasteiger partial charge in [0.05, 0.1) is 12.2 Å². The SMILES string of the molecule is C=CCN1C(C)(C)CC(O)CC1(C)C.CC1C(O)CCN(C)C1(C)C. The van der Waals surface area contributed by atoms with E-state index in [0.29, 0.717) is 5.92 Å². The summed E-state index contributed by atoms with van der Waals surface area (Å²) in [6.07, 6.45) is 4.29. The average Bonchev–Trinajstić information content (AvgIpc) is 2.45. The number of aliphatic hydroxyl groups excluding tert-OH is 2. The molecule has 4 heteroatoms. The number of nitrogens with zero attached hydrogens (tertiary/aromatic N) is 2. The molecule has 2 N–H and O–H groups in total. The first-order valence-corrected chi connectivity index (χ1v) is 9.71. The number of likely N-dealkylation sites (tertiary alicyclic amines) is 2. The summed E-state index contributed by atoms with van der Waals surface area (Å²) in [5.41, 5.74) is 0.280. The number of hydrogen-bond acceptors (Lipinski definition) is 4. The maximum absolute atomic E-state index is 9.81. The van der Waals surface area contributed by atoms with E-state index in [9.17, 15) is 10.2 Å². The summed E-state index contributed by atoms with van der Waals surface area (Å²) >= 11 is 0. The Morgan fingerprint density at radius 1 is 1.04 bits per heavy atom. The van der Waals surface area contributed by atoms with Crippen LogP contribution < -0.4 is 0 Å². The normalized spacial score (nSPS) is 32.6. The zero-order chi connectivity index (χ0) is 19.6. The fraction of sp³-hybridized carbons (Fsp3) is 0.905. The molecule has 0 spiro atoms. The fourth-order valence-corrected chi connectivity index (χ4v) is 4.57. The second-order valence-corrected chi connectivity index (χ2v) is 9.81. The summed E-state index contributed by atoms with van der Waals surface area (Å²) in [4.78, 5) is 4.75. The molecule has 0 bridgehead atoms.